The highest BCUT2D eigenvalue weighted by molar-refractivity contribution is 6.15. The number of benzene rings is 1. The maximum Gasteiger partial charge on any atom is 0.335 e. The van der Waals surface area contributed by atoms with Gasteiger partial charge in [0.15, 0.2) is 0 Å². The van der Waals surface area contributed by atoms with Crippen molar-refractivity contribution in [1.82, 2.24) is 4.98 Å². The highest BCUT2D eigenvalue weighted by atomic mass is 16.5. The van der Waals surface area contributed by atoms with Crippen molar-refractivity contribution >= 4 is 11.5 Å². The molecule has 4 nitrogen and oxygen atoms in total. The molecule has 0 aliphatic heterocycles. The van der Waals surface area contributed by atoms with Crippen molar-refractivity contribution in [2.45, 2.75) is 13.5 Å². The summed E-state index contributed by atoms with van der Waals surface area (Å²) in [4.78, 5) is 15.3. The van der Waals surface area contributed by atoms with Gasteiger partial charge in [0.1, 0.15) is 6.61 Å². The Kier molecular flexibility index (Phi) is 4.50. The summed E-state index contributed by atoms with van der Waals surface area (Å²) in [6, 6.07) is 12.7. The average Bonchev–Trinajstić information content (AvgIpc) is 2.48. The Hall–Kier alpha value is -2.62. The number of hydrogen-bond acceptors (Lipinski definition) is 3. The second kappa shape index (κ2) is 6.52. The quantitative estimate of drug-likeness (QED) is 0.847. The van der Waals surface area contributed by atoms with Crippen molar-refractivity contribution in [3.8, 4) is 5.88 Å². The zero-order valence-electron chi connectivity index (χ0n) is 11.1. The summed E-state index contributed by atoms with van der Waals surface area (Å²) < 4.78 is 5.58. The van der Waals surface area contributed by atoms with E-state index in [2.05, 4.69) is 4.98 Å². The minimum absolute atomic E-state index is 0.269. The Morgan fingerprint density at radius 1 is 1.25 bits per heavy atom. The molecule has 0 saturated heterocycles. The zero-order chi connectivity index (χ0) is 14.4. The first kappa shape index (κ1) is 13.8. The molecule has 0 aliphatic carbocycles. The molecule has 1 aromatic carbocycles. The van der Waals surface area contributed by atoms with E-state index in [4.69, 9.17) is 4.74 Å². The summed E-state index contributed by atoms with van der Waals surface area (Å²) >= 11 is 0. The van der Waals surface area contributed by atoms with E-state index >= 15 is 0 Å². The van der Waals surface area contributed by atoms with Crippen LogP contribution in [0.4, 0.5) is 0 Å². The van der Waals surface area contributed by atoms with E-state index in [9.17, 15) is 9.90 Å². The molecule has 0 amide bonds. The number of nitrogens with zero attached hydrogens (tertiary/aromatic N) is 1. The number of allylic oxidation sites excluding steroid dienone is 1. The van der Waals surface area contributed by atoms with Gasteiger partial charge in [0.25, 0.3) is 0 Å². The lowest BCUT2D eigenvalue weighted by Crippen LogP contribution is -2.05. The largest absolute Gasteiger partial charge is 0.478 e. The molecule has 2 rings (SSSR count). The van der Waals surface area contributed by atoms with Gasteiger partial charge in [0.05, 0.1) is 5.57 Å². The summed E-state index contributed by atoms with van der Waals surface area (Å²) in [7, 11) is 0. The van der Waals surface area contributed by atoms with Gasteiger partial charge in [-0.15, -0.1) is 0 Å². The molecule has 1 heterocycles. The summed E-state index contributed by atoms with van der Waals surface area (Å²) in [5, 5.41) is 9.21. The van der Waals surface area contributed by atoms with Gasteiger partial charge >= 0.3 is 5.97 Å². The van der Waals surface area contributed by atoms with E-state index in [1.165, 1.54) is 0 Å². The Morgan fingerprint density at radius 3 is 2.65 bits per heavy atom. The van der Waals surface area contributed by atoms with Crippen LogP contribution in [0.3, 0.4) is 0 Å². The molecule has 0 fully saturated rings. The van der Waals surface area contributed by atoms with Gasteiger partial charge in [-0.05, 0) is 24.1 Å². The number of carboxylic acid groups (broad SMARTS) is 1. The van der Waals surface area contributed by atoms with Gasteiger partial charge in [-0.3, -0.25) is 0 Å². The lowest BCUT2D eigenvalue weighted by atomic mass is 10.00. The number of ether oxygens (including phenoxy) is 1. The molecule has 1 aromatic heterocycles. The third-order valence-corrected chi connectivity index (χ3v) is 2.84. The van der Waals surface area contributed by atoms with Gasteiger partial charge < -0.3 is 9.84 Å². The average molecular weight is 269 g/mol. The summed E-state index contributed by atoms with van der Waals surface area (Å²) in [6.07, 6.45) is 3.23. The molecule has 0 unspecified atom stereocenters. The minimum atomic E-state index is -0.946. The highest BCUT2D eigenvalue weighted by Crippen LogP contribution is 2.21. The Labute approximate surface area is 117 Å². The number of carbonyl (C=O) groups is 1. The van der Waals surface area contributed by atoms with Crippen LogP contribution in [-0.2, 0) is 11.4 Å². The lowest BCUT2D eigenvalue weighted by Gasteiger charge is -2.11. The van der Waals surface area contributed by atoms with Crippen molar-refractivity contribution in [3.63, 3.8) is 0 Å². The van der Waals surface area contributed by atoms with E-state index in [-0.39, 0.29) is 12.2 Å². The van der Waals surface area contributed by atoms with E-state index in [1.54, 1.807) is 31.3 Å². The smallest absolute Gasteiger partial charge is 0.335 e. The van der Waals surface area contributed by atoms with Crippen LogP contribution in [0.15, 0.2) is 54.7 Å². The predicted octanol–water partition coefficient (Wildman–Crippen LogP) is 3.15. The lowest BCUT2D eigenvalue weighted by molar-refractivity contribution is -0.130. The van der Waals surface area contributed by atoms with Crippen molar-refractivity contribution < 1.29 is 14.6 Å². The molecule has 0 aliphatic rings. The monoisotopic (exact) mass is 269 g/mol. The van der Waals surface area contributed by atoms with Crippen molar-refractivity contribution in [2.24, 2.45) is 0 Å². The fraction of sp³-hybridized carbons (Fsp3) is 0.125. The molecule has 4 heteroatoms. The van der Waals surface area contributed by atoms with E-state index in [0.29, 0.717) is 11.4 Å². The Balaban J connectivity index is 2.22. The van der Waals surface area contributed by atoms with Crippen LogP contribution in [0.1, 0.15) is 18.1 Å². The molecule has 2 aromatic rings. The summed E-state index contributed by atoms with van der Waals surface area (Å²) in [5.74, 6) is -0.433. The summed E-state index contributed by atoms with van der Waals surface area (Å²) in [5.41, 5.74) is 1.75. The zero-order valence-corrected chi connectivity index (χ0v) is 11.1. The van der Waals surface area contributed by atoms with Crippen LogP contribution >= 0.6 is 0 Å². The molecule has 0 radical (unpaired) electrons. The van der Waals surface area contributed by atoms with Gasteiger partial charge in [-0.25, -0.2) is 9.78 Å². The standard InChI is InChI=1S/C16H15NO3/c1-2-13(16(18)19)14-8-4-3-7-12(14)11-20-15-9-5-6-10-17-15/h2-10H,11H2,1H3,(H,18,19). The second-order valence-electron chi connectivity index (χ2n) is 4.12. The SMILES string of the molecule is CC=C(C(=O)O)c1ccccc1COc1ccccn1. The normalized spacial score (nSPS) is 11.2. The van der Waals surface area contributed by atoms with Crippen LogP contribution in [0.25, 0.3) is 5.57 Å². The van der Waals surface area contributed by atoms with Crippen LogP contribution in [0.2, 0.25) is 0 Å². The minimum Gasteiger partial charge on any atom is -0.478 e. The molecule has 0 saturated carbocycles. The first-order valence-corrected chi connectivity index (χ1v) is 6.24. The fourth-order valence-electron chi connectivity index (χ4n) is 1.89. The highest BCUT2D eigenvalue weighted by Gasteiger charge is 2.13. The number of hydrogen-bond donors (Lipinski definition) is 1. The number of aliphatic carboxylic acids is 1. The third kappa shape index (κ3) is 3.23. The van der Waals surface area contributed by atoms with Crippen LogP contribution in [-0.4, -0.2) is 16.1 Å². The fourth-order valence-corrected chi connectivity index (χ4v) is 1.89. The maximum atomic E-state index is 11.2. The molecule has 0 spiro atoms. The second-order valence-corrected chi connectivity index (χ2v) is 4.12. The van der Waals surface area contributed by atoms with Gasteiger partial charge in [-0.1, -0.05) is 36.4 Å². The third-order valence-electron chi connectivity index (χ3n) is 2.84. The van der Waals surface area contributed by atoms with Crippen molar-refractivity contribution in [1.29, 1.82) is 0 Å². The van der Waals surface area contributed by atoms with Crippen molar-refractivity contribution in [3.05, 3.63) is 65.9 Å². The molecule has 0 bridgehead atoms. The summed E-state index contributed by atoms with van der Waals surface area (Å²) in [6.45, 7) is 1.98. The van der Waals surface area contributed by atoms with Gasteiger partial charge in [-0.2, -0.15) is 0 Å². The first-order valence-electron chi connectivity index (χ1n) is 6.24. The number of pyridine rings is 1. The molecule has 20 heavy (non-hydrogen) atoms. The molecule has 1 N–H and O–H groups in total. The van der Waals surface area contributed by atoms with Gasteiger partial charge in [0.2, 0.25) is 5.88 Å². The van der Waals surface area contributed by atoms with E-state index in [0.717, 1.165) is 5.56 Å². The molecule has 102 valence electrons. The molecule has 0 atom stereocenters. The molecular weight excluding hydrogens is 254 g/mol. The Morgan fingerprint density at radius 2 is 2.00 bits per heavy atom. The topological polar surface area (TPSA) is 59.4 Å². The van der Waals surface area contributed by atoms with Gasteiger partial charge in [0, 0.05) is 12.3 Å². The maximum absolute atomic E-state index is 11.2. The van der Waals surface area contributed by atoms with Crippen molar-refractivity contribution in [2.75, 3.05) is 0 Å². The van der Waals surface area contributed by atoms with Crippen LogP contribution < -0.4 is 4.74 Å². The number of rotatable bonds is 5. The van der Waals surface area contributed by atoms with Crippen LogP contribution in [0.5, 0.6) is 5.88 Å². The van der Waals surface area contributed by atoms with E-state index in [1.807, 2.05) is 30.3 Å². The van der Waals surface area contributed by atoms with E-state index < -0.39 is 5.97 Å². The first-order chi connectivity index (χ1) is 9.72. The predicted molar refractivity (Wildman–Crippen MR) is 76.3 cm³/mol. The number of aromatic nitrogens is 1. The Bertz CT molecular complexity index is 621. The van der Waals surface area contributed by atoms with Crippen LogP contribution in [0, 0.1) is 0 Å². The number of carboxylic acids is 1. The molecular formula is C16H15NO3.